The highest BCUT2D eigenvalue weighted by molar-refractivity contribution is 5.96. The summed E-state index contributed by atoms with van der Waals surface area (Å²) in [6.45, 7) is 7.09. The summed E-state index contributed by atoms with van der Waals surface area (Å²) >= 11 is 0. The molecule has 0 unspecified atom stereocenters. The number of aliphatic hydroxyl groups is 1. The Bertz CT molecular complexity index is 926. The van der Waals surface area contributed by atoms with Crippen LogP contribution in [0.1, 0.15) is 85.0 Å². The summed E-state index contributed by atoms with van der Waals surface area (Å²) in [6, 6.07) is -0.739. The fourth-order valence-corrected chi connectivity index (χ4v) is 8.46. The second-order valence-electron chi connectivity index (χ2n) is 12.2. The Balaban J connectivity index is 1.25. The van der Waals surface area contributed by atoms with E-state index in [9.17, 15) is 19.8 Å². The van der Waals surface area contributed by atoms with Crippen molar-refractivity contribution < 1.29 is 24.6 Å². The van der Waals surface area contributed by atoms with Crippen LogP contribution in [0, 0.1) is 28.6 Å². The van der Waals surface area contributed by atoms with Crippen molar-refractivity contribution in [2.45, 2.75) is 96.6 Å². The van der Waals surface area contributed by atoms with Crippen LogP contribution < -0.4 is 0 Å². The Labute approximate surface area is 202 Å². The lowest BCUT2D eigenvalue weighted by Crippen LogP contribution is -2.53. The van der Waals surface area contributed by atoms with E-state index in [1.165, 1.54) is 23.3 Å². The van der Waals surface area contributed by atoms with Gasteiger partial charge in [-0.15, -0.1) is 0 Å². The monoisotopic (exact) mass is 472 g/mol. The number of amides is 1. The minimum absolute atomic E-state index is 0.0440. The molecule has 5 aliphatic rings. The molecular formula is C27H40N2O5. The normalized spacial score (nSPS) is 44.8. The number of carboxylic acids is 1. The number of hydrogen-bond acceptors (Lipinski definition) is 5. The maximum atomic E-state index is 12.4. The molecule has 0 bridgehead atoms. The van der Waals surface area contributed by atoms with Crippen LogP contribution in [-0.2, 0) is 14.4 Å². The van der Waals surface area contributed by atoms with Gasteiger partial charge in [-0.3, -0.25) is 4.79 Å². The van der Waals surface area contributed by atoms with Crippen LogP contribution in [-0.4, -0.2) is 57.5 Å². The van der Waals surface area contributed by atoms with Gasteiger partial charge in [0, 0.05) is 6.54 Å². The van der Waals surface area contributed by atoms with Gasteiger partial charge in [0.2, 0.25) is 0 Å². The van der Waals surface area contributed by atoms with E-state index >= 15 is 0 Å². The third-order valence-corrected chi connectivity index (χ3v) is 10.8. The van der Waals surface area contributed by atoms with Gasteiger partial charge >= 0.3 is 5.97 Å². The molecule has 1 amide bonds. The fourth-order valence-electron chi connectivity index (χ4n) is 8.46. The van der Waals surface area contributed by atoms with Crippen molar-refractivity contribution in [2.75, 3.05) is 13.2 Å². The van der Waals surface area contributed by atoms with Crippen molar-refractivity contribution in [3.8, 4) is 0 Å². The zero-order valence-corrected chi connectivity index (χ0v) is 20.9. The first-order valence-corrected chi connectivity index (χ1v) is 13.2. The average molecular weight is 473 g/mol. The first kappa shape index (κ1) is 23.8. The summed E-state index contributed by atoms with van der Waals surface area (Å²) in [5.74, 6) is 0.704. The summed E-state index contributed by atoms with van der Waals surface area (Å²) in [5, 5.41) is 24.7. The lowest BCUT2D eigenvalue weighted by Gasteiger charge is -2.59. The summed E-state index contributed by atoms with van der Waals surface area (Å²) in [4.78, 5) is 30.6. The summed E-state index contributed by atoms with van der Waals surface area (Å²) in [6.07, 6.45) is 11.9. The van der Waals surface area contributed by atoms with Gasteiger partial charge in [-0.2, -0.15) is 0 Å². The predicted molar refractivity (Wildman–Crippen MR) is 128 cm³/mol. The minimum Gasteiger partial charge on any atom is -0.480 e. The Morgan fingerprint density at radius 3 is 2.62 bits per heavy atom. The number of fused-ring (bicyclic) bond motifs is 5. The molecule has 1 aliphatic heterocycles. The van der Waals surface area contributed by atoms with E-state index in [0.29, 0.717) is 37.1 Å². The van der Waals surface area contributed by atoms with Gasteiger partial charge in [0.25, 0.3) is 5.91 Å². The predicted octanol–water partition coefficient (Wildman–Crippen LogP) is 4.15. The van der Waals surface area contributed by atoms with E-state index in [4.69, 9.17) is 4.84 Å². The van der Waals surface area contributed by atoms with Gasteiger partial charge in [-0.05, 0) is 106 Å². The van der Waals surface area contributed by atoms with Crippen LogP contribution in [0.4, 0.5) is 0 Å². The number of carbonyl (C=O) groups excluding carboxylic acids is 1. The molecule has 7 heteroatoms. The lowest BCUT2D eigenvalue weighted by atomic mass is 9.46. The summed E-state index contributed by atoms with van der Waals surface area (Å²) in [7, 11) is 0. The first-order chi connectivity index (χ1) is 16.1. The van der Waals surface area contributed by atoms with Crippen molar-refractivity contribution >= 4 is 17.6 Å². The third-order valence-electron chi connectivity index (χ3n) is 10.8. The summed E-state index contributed by atoms with van der Waals surface area (Å²) < 4.78 is 0. The number of carboxylic acid groups (broad SMARTS) is 1. The Hall–Kier alpha value is -1.89. The molecule has 4 aliphatic carbocycles. The smallest absolute Gasteiger partial charge is 0.326 e. The topological polar surface area (TPSA) is 99.4 Å². The number of rotatable bonds is 4. The largest absolute Gasteiger partial charge is 0.480 e. The van der Waals surface area contributed by atoms with Gasteiger partial charge < -0.3 is 20.0 Å². The van der Waals surface area contributed by atoms with Crippen molar-refractivity contribution in [3.63, 3.8) is 0 Å². The van der Waals surface area contributed by atoms with Crippen molar-refractivity contribution in [1.82, 2.24) is 4.90 Å². The number of nitrogens with zero attached hydrogens (tertiary/aromatic N) is 2. The minimum atomic E-state index is -0.951. The molecule has 0 aromatic carbocycles. The van der Waals surface area contributed by atoms with E-state index in [0.717, 1.165) is 44.2 Å². The van der Waals surface area contributed by atoms with Gasteiger partial charge in [0.05, 0.1) is 11.3 Å². The van der Waals surface area contributed by atoms with Crippen LogP contribution in [0.5, 0.6) is 0 Å². The Kier molecular flexibility index (Phi) is 5.85. The van der Waals surface area contributed by atoms with Crippen LogP contribution in [0.3, 0.4) is 0 Å². The molecule has 2 N–H and O–H groups in total. The fraction of sp³-hybridized carbons (Fsp3) is 0.815. The van der Waals surface area contributed by atoms with Gasteiger partial charge in [-0.25, -0.2) is 4.79 Å². The zero-order chi connectivity index (χ0) is 24.3. The molecule has 1 heterocycles. The number of carbonyl (C=O) groups is 2. The highest BCUT2D eigenvalue weighted by Crippen LogP contribution is 2.67. The third kappa shape index (κ3) is 3.61. The Morgan fingerprint density at radius 1 is 1.09 bits per heavy atom. The highest BCUT2D eigenvalue weighted by Gasteiger charge is 2.62. The van der Waals surface area contributed by atoms with E-state index in [-0.39, 0.29) is 23.3 Å². The van der Waals surface area contributed by atoms with E-state index in [2.05, 4.69) is 32.0 Å². The van der Waals surface area contributed by atoms with E-state index in [1.54, 1.807) is 0 Å². The molecule has 0 aromatic heterocycles. The standard InChI is InChI=1S/C27H40N2O5/c1-25-11-8-18(28-34-16-23(30)29-14-4-5-22(29)24(31)32)15-17(25)6-7-19-20(25)9-12-26(2)21(19)10-13-27(26,3)33/h15,19-22,33H,4-14,16H2,1-3H3,(H,31,32)/b28-18-/t19-,20+,21+,22-,25+,26+,27+/m1/s1. The SMILES string of the molecule is C[C@]12CC/C(=N/OCC(=O)N3CCC[C@@H]3C(=O)O)C=C1CC[C@@H]1[C@@H]2CC[C@@]2(C)[C@H]1CC[C@]2(C)O. The first-order valence-electron chi connectivity index (χ1n) is 13.2. The van der Waals surface area contributed by atoms with Crippen LogP contribution in [0.2, 0.25) is 0 Å². The average Bonchev–Trinajstić information content (AvgIpc) is 3.37. The molecule has 0 aromatic rings. The number of likely N-dealkylation sites (tertiary alicyclic amines) is 1. The van der Waals surface area contributed by atoms with Crippen molar-refractivity contribution in [2.24, 2.45) is 33.7 Å². The molecule has 7 nitrogen and oxygen atoms in total. The molecular weight excluding hydrogens is 432 g/mol. The second-order valence-corrected chi connectivity index (χ2v) is 12.2. The van der Waals surface area contributed by atoms with Crippen LogP contribution in [0.15, 0.2) is 16.8 Å². The number of hydrogen-bond donors (Lipinski definition) is 2. The second kappa shape index (κ2) is 8.35. The molecule has 5 rings (SSSR count). The molecule has 0 spiro atoms. The van der Waals surface area contributed by atoms with Crippen LogP contribution >= 0.6 is 0 Å². The van der Waals surface area contributed by atoms with E-state index < -0.39 is 17.6 Å². The Morgan fingerprint density at radius 2 is 1.85 bits per heavy atom. The van der Waals surface area contributed by atoms with Crippen molar-refractivity contribution in [3.05, 3.63) is 11.6 Å². The molecule has 4 fully saturated rings. The molecule has 1 saturated heterocycles. The summed E-state index contributed by atoms with van der Waals surface area (Å²) in [5.41, 5.74) is 2.03. The quantitative estimate of drug-likeness (QED) is 0.599. The van der Waals surface area contributed by atoms with Gasteiger partial charge in [-0.1, -0.05) is 24.6 Å². The molecule has 188 valence electrons. The van der Waals surface area contributed by atoms with Gasteiger partial charge in [0.15, 0.2) is 6.61 Å². The maximum absolute atomic E-state index is 12.4. The van der Waals surface area contributed by atoms with E-state index in [1.807, 2.05) is 0 Å². The maximum Gasteiger partial charge on any atom is 0.326 e. The molecule has 3 saturated carbocycles. The lowest BCUT2D eigenvalue weighted by molar-refractivity contribution is -0.150. The number of oxime groups is 1. The van der Waals surface area contributed by atoms with Crippen molar-refractivity contribution in [1.29, 1.82) is 0 Å². The number of allylic oxidation sites excluding steroid dienone is 2. The number of aliphatic carboxylic acids is 1. The molecule has 34 heavy (non-hydrogen) atoms. The highest BCUT2D eigenvalue weighted by atomic mass is 16.6. The molecule has 7 atom stereocenters. The zero-order valence-electron chi connectivity index (χ0n) is 20.9. The molecule has 0 radical (unpaired) electrons. The van der Waals surface area contributed by atoms with Crippen LogP contribution in [0.25, 0.3) is 0 Å². The van der Waals surface area contributed by atoms with Gasteiger partial charge in [0.1, 0.15) is 6.04 Å².